The minimum absolute atomic E-state index is 0.0545. The fourth-order valence-corrected chi connectivity index (χ4v) is 15.2. The van der Waals surface area contributed by atoms with E-state index in [0.717, 1.165) is 35.6 Å². The Hall–Kier alpha value is -4.44. The first-order valence-corrected chi connectivity index (χ1v) is 30.2. The molecule has 10 atom stereocenters. The van der Waals surface area contributed by atoms with E-state index < -0.39 is 5.66 Å². The van der Waals surface area contributed by atoms with Crippen LogP contribution in [0, 0.1) is 69.0 Å². The minimum Gasteiger partial charge on any atom is -0.361 e. The summed E-state index contributed by atoms with van der Waals surface area (Å²) in [7, 11) is 0. The molecule has 2 heterocycles. The molecule has 2 aromatic carbocycles. The molecule has 10 rings (SSSR count). The van der Waals surface area contributed by atoms with Crippen LogP contribution in [-0.2, 0) is 10.8 Å². The summed E-state index contributed by atoms with van der Waals surface area (Å²) < 4.78 is 0. The molecule has 6 aliphatic carbocycles. The van der Waals surface area contributed by atoms with Crippen LogP contribution in [0.2, 0.25) is 0 Å². The van der Waals surface area contributed by atoms with Crippen molar-refractivity contribution >= 4 is 11.7 Å². The lowest BCUT2D eigenvalue weighted by molar-refractivity contribution is 0.0385. The van der Waals surface area contributed by atoms with Crippen LogP contribution in [0.3, 0.4) is 0 Å². The SMILES string of the molecule is CC(C)(C)C1=CC2C3=C(C=CC(C(C)(C)C)C3)N(C3CCC([C@H]4CC5C=CC(C(C)(C)C)CC5C5=C4CCC(C(C)(C)C)=C5)C(C4(C)N=C(c5ccc(C(C)(C)C)cc5)NC(c5ccc(C(C)(C)C)cc5)=N4)C3)C2C=C1. The van der Waals surface area contributed by atoms with Crippen molar-refractivity contribution in [3.63, 3.8) is 0 Å². The molecule has 76 heavy (non-hydrogen) atoms. The second-order valence-corrected chi connectivity index (χ2v) is 31.7. The van der Waals surface area contributed by atoms with Crippen molar-refractivity contribution in [1.29, 1.82) is 0 Å². The highest BCUT2D eigenvalue weighted by molar-refractivity contribution is 6.16. The van der Waals surface area contributed by atoms with Gasteiger partial charge in [-0.3, -0.25) is 0 Å². The predicted octanol–water partition coefficient (Wildman–Crippen LogP) is 18.2. The molecule has 1 saturated carbocycles. The Labute approximate surface area is 463 Å². The Morgan fingerprint density at radius 1 is 0.566 bits per heavy atom. The van der Waals surface area contributed by atoms with Crippen LogP contribution in [0.5, 0.6) is 0 Å². The number of nitrogens with one attached hydrogen (secondary N) is 1. The van der Waals surface area contributed by atoms with Crippen molar-refractivity contribution in [3.8, 4) is 0 Å². The molecule has 0 radical (unpaired) electrons. The second-order valence-electron chi connectivity index (χ2n) is 31.7. The van der Waals surface area contributed by atoms with Gasteiger partial charge in [0.25, 0.3) is 0 Å². The first-order valence-electron chi connectivity index (χ1n) is 30.2. The molecule has 2 aromatic rings. The van der Waals surface area contributed by atoms with E-state index in [1.54, 1.807) is 22.3 Å². The van der Waals surface area contributed by atoms with Crippen molar-refractivity contribution in [3.05, 3.63) is 153 Å². The van der Waals surface area contributed by atoms with E-state index in [2.05, 4.69) is 239 Å². The minimum atomic E-state index is -0.721. The van der Waals surface area contributed by atoms with Gasteiger partial charge < -0.3 is 10.2 Å². The van der Waals surface area contributed by atoms with Crippen LogP contribution in [0.15, 0.2) is 141 Å². The van der Waals surface area contributed by atoms with Gasteiger partial charge in [0.15, 0.2) is 5.66 Å². The van der Waals surface area contributed by atoms with Gasteiger partial charge in [-0.2, -0.15) is 0 Å². The average Bonchev–Trinajstić information content (AvgIpc) is 3.69. The normalized spacial score (nSPS) is 30.9. The van der Waals surface area contributed by atoms with E-state index in [1.165, 1.54) is 60.9 Å². The molecule has 1 N–H and O–H groups in total. The van der Waals surface area contributed by atoms with Crippen molar-refractivity contribution in [2.24, 2.45) is 79.0 Å². The van der Waals surface area contributed by atoms with E-state index in [-0.39, 0.29) is 38.4 Å². The molecule has 1 fully saturated rings. The van der Waals surface area contributed by atoms with Gasteiger partial charge in [0.2, 0.25) is 0 Å². The zero-order valence-corrected chi connectivity index (χ0v) is 51.0. The van der Waals surface area contributed by atoms with Crippen LogP contribution in [-0.4, -0.2) is 34.3 Å². The summed E-state index contributed by atoms with van der Waals surface area (Å²) in [6.45, 7) is 45.5. The lowest BCUT2D eigenvalue weighted by atomic mass is 9.54. The molecule has 0 spiro atoms. The molecule has 8 aliphatic rings. The van der Waals surface area contributed by atoms with Crippen molar-refractivity contribution in [1.82, 2.24) is 10.2 Å². The van der Waals surface area contributed by atoms with E-state index in [9.17, 15) is 0 Å². The van der Waals surface area contributed by atoms with Crippen LogP contribution in [0.1, 0.15) is 205 Å². The Kier molecular flexibility index (Phi) is 13.8. The molecule has 0 bridgehead atoms. The number of allylic oxidation sites excluding steroid dienone is 10. The number of rotatable bonds is 5. The molecular formula is C72H100N4. The molecule has 4 heteroatoms. The smallest absolute Gasteiger partial charge is 0.155 e. The summed E-state index contributed by atoms with van der Waals surface area (Å²) in [5, 5.41) is 3.91. The van der Waals surface area contributed by atoms with Crippen molar-refractivity contribution in [2.75, 3.05) is 0 Å². The van der Waals surface area contributed by atoms with Gasteiger partial charge in [0.05, 0.1) is 6.04 Å². The van der Waals surface area contributed by atoms with Crippen LogP contribution in [0.25, 0.3) is 0 Å². The van der Waals surface area contributed by atoms with Gasteiger partial charge in [-0.05, 0) is 160 Å². The van der Waals surface area contributed by atoms with Gasteiger partial charge in [0, 0.05) is 34.7 Å². The van der Waals surface area contributed by atoms with E-state index in [1.807, 2.05) is 0 Å². The highest BCUT2D eigenvalue weighted by Gasteiger charge is 2.54. The first kappa shape index (κ1) is 54.9. The fraction of sp³-hybridized carbons (Fsp3) is 0.611. The standard InChI is InChI=1S/C72H100N4/c1-66(2,3)47-25-20-44(21-26-47)64-73-65(45-22-27-48(28-23-45)67(4,5)6)75-72(19,74-64)61-43-53(76-62-36-31-51(70(13,14)15)41-59(62)60-42-52(71(16,17)18)32-37-63(60)76)33-35-55(61)57-38-46-24-29-49(68(7,8)9)39-56(46)58-40-50(69(10,11)12)30-34-54(57)58/h20-29,31-32,36-37,40-41,46,49,52-53,55-57,59,61-62H,30,33-35,38-39,42-43H2,1-19H3,(H,73,74,75)/t46?,49?,52?,53?,55?,56?,57-,59?,61?,62?/m0/s1. The number of nitrogens with zero attached hydrogens (tertiary/aromatic N) is 3. The third-order valence-corrected chi connectivity index (χ3v) is 20.3. The molecular weight excluding hydrogens is 921 g/mol. The molecule has 4 nitrogen and oxygen atoms in total. The van der Waals surface area contributed by atoms with Gasteiger partial charge >= 0.3 is 0 Å². The summed E-state index contributed by atoms with van der Waals surface area (Å²) in [5.41, 5.74) is 14.8. The summed E-state index contributed by atoms with van der Waals surface area (Å²) in [6.07, 6.45) is 30.5. The Morgan fingerprint density at radius 2 is 1.16 bits per heavy atom. The maximum absolute atomic E-state index is 6.05. The molecule has 0 aromatic heterocycles. The highest BCUT2D eigenvalue weighted by Crippen LogP contribution is 2.59. The summed E-state index contributed by atoms with van der Waals surface area (Å²) in [5.74, 6) is 5.61. The number of hydrogen-bond acceptors (Lipinski definition) is 4. The Balaban J connectivity index is 1.14. The van der Waals surface area contributed by atoms with Crippen LogP contribution >= 0.6 is 0 Å². The van der Waals surface area contributed by atoms with Crippen LogP contribution < -0.4 is 5.32 Å². The van der Waals surface area contributed by atoms with E-state index in [0.29, 0.717) is 53.5 Å². The number of amidine groups is 2. The number of fused-ring (bicyclic) bond motifs is 4. The molecule has 0 saturated heterocycles. The van der Waals surface area contributed by atoms with Gasteiger partial charge in [0.1, 0.15) is 11.7 Å². The highest BCUT2D eigenvalue weighted by atomic mass is 15.3. The molecule has 0 amide bonds. The lowest BCUT2D eigenvalue weighted by Gasteiger charge is -2.53. The zero-order valence-electron chi connectivity index (χ0n) is 51.0. The topological polar surface area (TPSA) is 40.0 Å². The Morgan fingerprint density at radius 3 is 1.70 bits per heavy atom. The van der Waals surface area contributed by atoms with Crippen LogP contribution in [0.4, 0.5) is 0 Å². The second kappa shape index (κ2) is 19.1. The lowest BCUT2D eigenvalue weighted by Crippen LogP contribution is -2.54. The quantitative estimate of drug-likeness (QED) is 0.303. The molecule has 408 valence electrons. The van der Waals surface area contributed by atoms with E-state index in [4.69, 9.17) is 9.98 Å². The van der Waals surface area contributed by atoms with Gasteiger partial charge in [-0.1, -0.05) is 227 Å². The predicted molar refractivity (Wildman–Crippen MR) is 325 cm³/mol. The third kappa shape index (κ3) is 10.5. The number of hydrogen-bond donors (Lipinski definition) is 1. The summed E-state index contributed by atoms with van der Waals surface area (Å²) in [6, 6.07) is 19.2. The van der Waals surface area contributed by atoms with Gasteiger partial charge in [-0.15, -0.1) is 0 Å². The van der Waals surface area contributed by atoms with E-state index >= 15 is 0 Å². The molecule has 2 aliphatic heterocycles. The Bertz CT molecular complexity index is 2770. The maximum Gasteiger partial charge on any atom is 0.155 e. The summed E-state index contributed by atoms with van der Waals surface area (Å²) >= 11 is 0. The fourth-order valence-electron chi connectivity index (χ4n) is 15.2. The largest absolute Gasteiger partial charge is 0.361 e. The van der Waals surface area contributed by atoms with Crippen molar-refractivity contribution < 1.29 is 0 Å². The number of benzene rings is 2. The maximum atomic E-state index is 6.05. The zero-order chi connectivity index (χ0) is 54.9. The average molecular weight is 1020 g/mol. The van der Waals surface area contributed by atoms with Gasteiger partial charge in [-0.25, -0.2) is 9.98 Å². The third-order valence-electron chi connectivity index (χ3n) is 20.3. The monoisotopic (exact) mass is 1020 g/mol. The first-order chi connectivity index (χ1) is 35.3. The number of aliphatic imine (C=N–C) groups is 2. The van der Waals surface area contributed by atoms with Crippen molar-refractivity contribution in [2.45, 2.75) is 211 Å². The molecule has 9 unspecified atom stereocenters. The summed E-state index contributed by atoms with van der Waals surface area (Å²) in [4.78, 5) is 15.1.